The summed E-state index contributed by atoms with van der Waals surface area (Å²) in [6.07, 6.45) is 4.43. The Hall–Kier alpha value is -7.20. The number of hydrogen-bond acceptors (Lipinski definition) is 4. The average molecular weight is 1000 g/mol. The van der Waals surface area contributed by atoms with E-state index in [0.717, 1.165) is 79.3 Å². The number of nitrogens with zero attached hydrogens (tertiary/aromatic N) is 4. The van der Waals surface area contributed by atoms with Crippen LogP contribution in [0.1, 0.15) is 13.8 Å². The smallest absolute Gasteiger partial charge is 0.155 e. The largest absolute Gasteiger partial charge is 0.512 e. The number of carbonyl (C=O) groups excluding carboxylic acids is 1. The third-order valence-corrected chi connectivity index (χ3v) is 9.80. The number of halogens is 4. The normalized spacial score (nSPS) is 11.2. The Balaban J connectivity index is 0.000000160. The molecule has 4 heterocycles. The number of aromatic nitrogens is 4. The topological polar surface area (TPSA) is 72.9 Å². The van der Waals surface area contributed by atoms with Gasteiger partial charge in [0.1, 0.15) is 0 Å². The predicted molar refractivity (Wildman–Crippen MR) is 233 cm³/mol. The van der Waals surface area contributed by atoms with Crippen LogP contribution in [0.2, 0.25) is 0 Å². The van der Waals surface area contributed by atoms with Crippen LogP contribution in [0.3, 0.4) is 0 Å². The number of aliphatic hydroxyl groups excluding tert-OH is 1. The monoisotopic (exact) mass is 1000 g/mol. The molecule has 6 nitrogen and oxygen atoms in total. The van der Waals surface area contributed by atoms with Crippen LogP contribution in [0, 0.1) is 35.4 Å². The van der Waals surface area contributed by atoms with E-state index in [1.54, 1.807) is 24.5 Å². The Morgan fingerprint density at radius 2 is 0.887 bits per heavy atom. The van der Waals surface area contributed by atoms with Crippen molar-refractivity contribution < 1.29 is 47.6 Å². The van der Waals surface area contributed by atoms with Gasteiger partial charge in [0, 0.05) is 94.8 Å². The standard InChI is InChI=1S/2C23H13F2N2.C5H8O2.Ir/c2*24-15-9-10-19(20(25)13-15)21-14-16(11-12-26-21)27-22-7-3-1-5-17(22)18-6-2-4-8-23(18)27;1-4(6)3-5(2)7;/h2*1-9,11-14H;3,6H,1-2H3;/q2*-1;;/b;;4-3-;. The number of para-hydroxylation sites is 4. The molecule has 0 atom stereocenters. The summed E-state index contributed by atoms with van der Waals surface area (Å²) in [6, 6.07) is 49.2. The van der Waals surface area contributed by atoms with E-state index in [-0.39, 0.29) is 42.8 Å². The molecule has 0 saturated heterocycles. The third-order valence-electron chi connectivity index (χ3n) is 9.80. The quantitative estimate of drug-likeness (QED) is 0.0807. The fourth-order valence-electron chi connectivity index (χ4n) is 7.37. The first-order valence-corrected chi connectivity index (χ1v) is 19.1. The van der Waals surface area contributed by atoms with E-state index in [0.29, 0.717) is 11.4 Å². The Morgan fingerprint density at radius 3 is 1.18 bits per heavy atom. The second-order valence-electron chi connectivity index (χ2n) is 14.0. The van der Waals surface area contributed by atoms with Gasteiger partial charge >= 0.3 is 0 Å². The zero-order valence-corrected chi connectivity index (χ0v) is 35.5. The van der Waals surface area contributed by atoms with Gasteiger partial charge in [0.25, 0.3) is 0 Å². The maximum atomic E-state index is 14.2. The number of aliphatic hydroxyl groups is 1. The molecule has 0 unspecified atom stereocenters. The van der Waals surface area contributed by atoms with Gasteiger partial charge in [0.05, 0.1) is 27.8 Å². The zero-order valence-electron chi connectivity index (χ0n) is 33.1. The van der Waals surface area contributed by atoms with Crippen LogP contribution in [0.25, 0.3) is 77.5 Å². The maximum absolute atomic E-state index is 14.2. The Bertz CT molecular complexity index is 2970. The first-order valence-electron chi connectivity index (χ1n) is 19.1. The summed E-state index contributed by atoms with van der Waals surface area (Å²) in [5, 5.41) is 12.9. The van der Waals surface area contributed by atoms with Gasteiger partial charge in [-0.05, 0) is 61.6 Å². The van der Waals surface area contributed by atoms with E-state index in [4.69, 9.17) is 5.11 Å². The first kappa shape index (κ1) is 42.9. The summed E-state index contributed by atoms with van der Waals surface area (Å²) < 4.78 is 59.1. The molecular weight excluding hydrogens is 969 g/mol. The summed E-state index contributed by atoms with van der Waals surface area (Å²) in [7, 11) is 0. The summed E-state index contributed by atoms with van der Waals surface area (Å²) >= 11 is 0. The molecule has 62 heavy (non-hydrogen) atoms. The molecule has 0 bridgehead atoms. The van der Waals surface area contributed by atoms with Crippen molar-refractivity contribution in [2.45, 2.75) is 13.8 Å². The van der Waals surface area contributed by atoms with Crippen molar-refractivity contribution in [3.05, 3.63) is 205 Å². The van der Waals surface area contributed by atoms with Gasteiger partial charge in [-0.15, -0.1) is 24.3 Å². The molecule has 10 aromatic rings. The van der Waals surface area contributed by atoms with Crippen LogP contribution < -0.4 is 0 Å². The number of carbonyl (C=O) groups is 1. The molecule has 10 rings (SSSR count). The molecule has 0 aliphatic rings. The Morgan fingerprint density at radius 1 is 0.548 bits per heavy atom. The minimum Gasteiger partial charge on any atom is -0.512 e. The number of fused-ring (bicyclic) bond motifs is 6. The van der Waals surface area contributed by atoms with E-state index >= 15 is 0 Å². The molecule has 1 N–H and O–H groups in total. The summed E-state index contributed by atoms with van der Waals surface area (Å²) in [5.41, 5.74) is 7.05. The summed E-state index contributed by atoms with van der Waals surface area (Å²) in [5.74, 6) is -2.74. The van der Waals surface area contributed by atoms with Crippen molar-refractivity contribution >= 4 is 49.4 Å². The minimum atomic E-state index is -0.679. The van der Waals surface area contributed by atoms with E-state index < -0.39 is 23.3 Å². The third kappa shape index (κ3) is 8.81. The molecule has 309 valence electrons. The fraction of sp³-hybridized carbons (Fsp3) is 0.0392. The number of rotatable bonds is 5. The molecule has 0 aliphatic carbocycles. The number of benzene rings is 6. The summed E-state index contributed by atoms with van der Waals surface area (Å²) in [6.45, 7) is 2.85. The molecule has 0 aliphatic heterocycles. The van der Waals surface area contributed by atoms with Crippen LogP contribution >= 0.6 is 0 Å². The summed E-state index contributed by atoms with van der Waals surface area (Å²) in [4.78, 5) is 18.5. The minimum absolute atomic E-state index is 0. The van der Waals surface area contributed by atoms with Crippen molar-refractivity contribution in [1.82, 2.24) is 19.1 Å². The van der Waals surface area contributed by atoms with E-state index in [1.165, 1.54) is 19.9 Å². The van der Waals surface area contributed by atoms with Gasteiger partial charge in [-0.3, -0.25) is 22.4 Å². The van der Waals surface area contributed by atoms with Gasteiger partial charge in [0.15, 0.2) is 5.78 Å². The van der Waals surface area contributed by atoms with Crippen LogP contribution in [0.5, 0.6) is 0 Å². The maximum Gasteiger partial charge on any atom is 0.155 e. The van der Waals surface area contributed by atoms with Crippen LogP contribution in [0.4, 0.5) is 17.6 Å². The SMILES string of the molecule is CC(=O)/C=C(/C)O.Fc1c[c-]c(-c2cc(-n3c4ccccc4c4ccccc43)ccn2)c(F)c1.Fc1c[c-]c(-c2cc(-n3c4ccccc4c4ccccc43)ccn2)c(F)c1.[Ir]. The first-order chi connectivity index (χ1) is 29.6. The fourth-order valence-corrected chi connectivity index (χ4v) is 7.37. The second kappa shape index (κ2) is 18.6. The van der Waals surface area contributed by atoms with Crippen molar-refractivity contribution in [2.24, 2.45) is 0 Å². The molecule has 6 aromatic carbocycles. The molecule has 4 aromatic heterocycles. The van der Waals surface area contributed by atoms with Gasteiger partial charge < -0.3 is 24.2 Å². The molecule has 0 amide bonds. The number of ketones is 1. The molecule has 0 spiro atoms. The average Bonchev–Trinajstić information content (AvgIpc) is 3.77. The molecular formula is C51H34F4IrN4O2-2. The van der Waals surface area contributed by atoms with Gasteiger partial charge in [0.2, 0.25) is 0 Å². The zero-order chi connectivity index (χ0) is 42.6. The number of allylic oxidation sites excluding steroid dienone is 2. The molecule has 0 fully saturated rings. The second-order valence-corrected chi connectivity index (χ2v) is 14.0. The van der Waals surface area contributed by atoms with Crippen molar-refractivity contribution in [3.63, 3.8) is 0 Å². The molecule has 11 heteroatoms. The predicted octanol–water partition coefficient (Wildman–Crippen LogP) is 12.9. The van der Waals surface area contributed by atoms with Gasteiger partial charge in [-0.2, -0.15) is 0 Å². The number of hydrogen-bond donors (Lipinski definition) is 1. The van der Waals surface area contributed by atoms with Crippen molar-refractivity contribution in [3.8, 4) is 33.9 Å². The van der Waals surface area contributed by atoms with Gasteiger partial charge in [-0.25, -0.2) is 0 Å². The van der Waals surface area contributed by atoms with Crippen LogP contribution in [-0.4, -0.2) is 30.0 Å². The van der Waals surface area contributed by atoms with E-state index in [1.807, 2.05) is 60.7 Å². The Kier molecular flexibility index (Phi) is 12.9. The van der Waals surface area contributed by atoms with E-state index in [9.17, 15) is 22.4 Å². The number of pyridine rings is 2. The molecule has 0 saturated carbocycles. The van der Waals surface area contributed by atoms with Crippen molar-refractivity contribution in [2.75, 3.05) is 0 Å². The Labute approximate surface area is 367 Å². The van der Waals surface area contributed by atoms with Crippen LogP contribution in [-0.2, 0) is 24.9 Å². The van der Waals surface area contributed by atoms with Gasteiger partial charge in [-0.1, -0.05) is 108 Å². The van der Waals surface area contributed by atoms with Crippen molar-refractivity contribution in [1.29, 1.82) is 0 Å². The van der Waals surface area contributed by atoms with Crippen LogP contribution in [0.15, 0.2) is 170 Å². The molecule has 1 radical (unpaired) electrons. The van der Waals surface area contributed by atoms with E-state index in [2.05, 4.69) is 79.8 Å².